The molecule has 0 radical (unpaired) electrons. The molecule has 0 unspecified atom stereocenters. The Labute approximate surface area is 103 Å². The summed E-state index contributed by atoms with van der Waals surface area (Å²) in [6, 6.07) is 12.8. The predicted octanol–water partition coefficient (Wildman–Crippen LogP) is 4.96. The van der Waals surface area contributed by atoms with Crippen molar-refractivity contribution in [2.45, 2.75) is 0 Å². The molecule has 4 heteroatoms. The van der Waals surface area contributed by atoms with Crippen LogP contribution in [0, 0.1) is 0 Å². The summed E-state index contributed by atoms with van der Waals surface area (Å²) in [5, 5.41) is 0.529. The Bertz CT molecular complexity index is 500. The van der Waals surface area contributed by atoms with Gasteiger partial charge in [-0.15, -0.1) is 4.48 Å². The average Bonchev–Trinajstić information content (AvgIpc) is 2.34. The molecule has 82 valence electrons. The topological polar surface area (TPSA) is 12.0 Å². The molecule has 16 heavy (non-hydrogen) atoms. The normalized spacial score (nSPS) is 10.2. The van der Waals surface area contributed by atoms with Gasteiger partial charge in [0.2, 0.25) is 0 Å². The lowest BCUT2D eigenvalue weighted by Gasteiger charge is -2.08. The van der Waals surface area contributed by atoms with Gasteiger partial charge < -0.3 is 0 Å². The molecule has 0 amide bonds. The largest absolute Gasteiger partial charge is 0.223 e. The molecule has 0 saturated carbocycles. The van der Waals surface area contributed by atoms with Crippen LogP contribution in [0.25, 0.3) is 11.1 Å². The van der Waals surface area contributed by atoms with Gasteiger partial charge in [-0.1, -0.05) is 59.6 Å². The minimum Gasteiger partial charge on any atom is -0.223 e. The van der Waals surface area contributed by atoms with Crippen LogP contribution < -0.4 is 5.54 Å². The van der Waals surface area contributed by atoms with E-state index in [-0.39, 0.29) is 10.7 Å². The number of hydrogen-bond donors (Lipinski definition) is 1. The zero-order valence-corrected chi connectivity index (χ0v) is 9.69. The fourth-order valence-corrected chi connectivity index (χ4v) is 1.94. The highest BCUT2D eigenvalue weighted by molar-refractivity contribution is 6.45. The lowest BCUT2D eigenvalue weighted by Crippen LogP contribution is -1.87. The number of nitrogens with one attached hydrogen (secondary N) is 1. The van der Waals surface area contributed by atoms with E-state index in [1.807, 2.05) is 30.3 Å². The monoisotopic (exact) mass is 255 g/mol. The Balaban J connectivity index is 2.56. The van der Waals surface area contributed by atoms with E-state index in [2.05, 4.69) is 0 Å². The number of halogens is 3. The van der Waals surface area contributed by atoms with Crippen LogP contribution in [-0.4, -0.2) is 0 Å². The van der Waals surface area contributed by atoms with E-state index in [1.54, 1.807) is 12.1 Å². The average molecular weight is 256 g/mol. The summed E-state index contributed by atoms with van der Waals surface area (Å²) in [4.78, 5) is 0. The molecule has 0 saturated heterocycles. The van der Waals surface area contributed by atoms with Crippen LogP contribution in [0.15, 0.2) is 42.5 Å². The Morgan fingerprint density at radius 3 is 2.19 bits per heavy atom. The summed E-state index contributed by atoms with van der Waals surface area (Å²) >= 11 is 12.0. The first-order valence-corrected chi connectivity index (χ1v) is 5.39. The number of hydrogen-bond acceptors (Lipinski definition) is 1. The minimum atomic E-state index is 0.173. The van der Waals surface area contributed by atoms with Crippen molar-refractivity contribution in [3.8, 4) is 11.1 Å². The maximum absolute atomic E-state index is 12.3. The molecule has 2 rings (SSSR count). The lowest BCUT2D eigenvalue weighted by atomic mass is 10.1. The zero-order valence-electron chi connectivity index (χ0n) is 8.18. The predicted molar refractivity (Wildman–Crippen MR) is 66.6 cm³/mol. The van der Waals surface area contributed by atoms with Crippen molar-refractivity contribution in [2.75, 3.05) is 5.54 Å². The molecule has 2 aromatic carbocycles. The van der Waals surface area contributed by atoms with Gasteiger partial charge in [-0.25, -0.2) is 5.54 Å². The number of anilines is 1. The Morgan fingerprint density at radius 1 is 0.875 bits per heavy atom. The first kappa shape index (κ1) is 11.2. The molecule has 0 spiro atoms. The molecule has 0 aliphatic rings. The maximum Gasteiger partial charge on any atom is 0.0857 e. The molecular formula is C12H8Cl2FN. The van der Waals surface area contributed by atoms with E-state index in [0.29, 0.717) is 5.02 Å². The Hall–Kier alpha value is -1.25. The van der Waals surface area contributed by atoms with Crippen LogP contribution in [0.1, 0.15) is 0 Å². The van der Waals surface area contributed by atoms with Gasteiger partial charge in [0.05, 0.1) is 15.7 Å². The fourth-order valence-electron chi connectivity index (χ4n) is 1.46. The highest BCUT2D eigenvalue weighted by Crippen LogP contribution is 2.38. The van der Waals surface area contributed by atoms with E-state index in [0.717, 1.165) is 11.1 Å². The molecule has 0 fully saturated rings. The second-order valence-electron chi connectivity index (χ2n) is 3.25. The molecule has 0 aromatic heterocycles. The summed E-state index contributed by atoms with van der Waals surface area (Å²) in [7, 11) is 0. The van der Waals surface area contributed by atoms with Crippen LogP contribution >= 0.6 is 23.2 Å². The van der Waals surface area contributed by atoms with Crippen LogP contribution in [0.3, 0.4) is 0 Å². The number of rotatable bonds is 2. The molecule has 0 heterocycles. The van der Waals surface area contributed by atoms with Gasteiger partial charge in [-0.2, -0.15) is 0 Å². The number of benzene rings is 2. The maximum atomic E-state index is 12.3. The Morgan fingerprint density at radius 2 is 1.56 bits per heavy atom. The summed E-state index contributed by atoms with van der Waals surface area (Å²) in [6.45, 7) is 0. The molecular weight excluding hydrogens is 248 g/mol. The summed E-state index contributed by atoms with van der Waals surface area (Å²) in [6.07, 6.45) is 0. The van der Waals surface area contributed by atoms with E-state index in [1.165, 1.54) is 5.54 Å². The van der Waals surface area contributed by atoms with Crippen molar-refractivity contribution >= 4 is 28.9 Å². The van der Waals surface area contributed by atoms with Gasteiger partial charge in [0, 0.05) is 5.56 Å². The second kappa shape index (κ2) is 4.73. The molecule has 1 nitrogen and oxygen atoms in total. The highest BCUT2D eigenvalue weighted by atomic mass is 35.5. The van der Waals surface area contributed by atoms with Crippen molar-refractivity contribution in [3.05, 3.63) is 52.5 Å². The van der Waals surface area contributed by atoms with Crippen LogP contribution in [-0.2, 0) is 0 Å². The zero-order chi connectivity index (χ0) is 11.5. The smallest absolute Gasteiger partial charge is 0.0857 e. The molecule has 0 atom stereocenters. The second-order valence-corrected chi connectivity index (χ2v) is 4.01. The molecule has 0 aliphatic carbocycles. The Kier molecular flexibility index (Phi) is 3.32. The van der Waals surface area contributed by atoms with Crippen molar-refractivity contribution in [3.63, 3.8) is 0 Å². The van der Waals surface area contributed by atoms with Crippen molar-refractivity contribution < 1.29 is 4.48 Å². The lowest BCUT2D eigenvalue weighted by molar-refractivity contribution is 0.618. The first-order chi connectivity index (χ1) is 7.74. The van der Waals surface area contributed by atoms with Crippen LogP contribution in [0.5, 0.6) is 0 Å². The van der Waals surface area contributed by atoms with E-state index < -0.39 is 0 Å². The molecule has 2 aromatic rings. The third-order valence-electron chi connectivity index (χ3n) is 2.27. The third kappa shape index (κ3) is 1.99. The first-order valence-electron chi connectivity index (χ1n) is 4.64. The van der Waals surface area contributed by atoms with Crippen molar-refractivity contribution in [1.29, 1.82) is 0 Å². The van der Waals surface area contributed by atoms with E-state index >= 15 is 0 Å². The van der Waals surface area contributed by atoms with Crippen molar-refractivity contribution in [2.24, 2.45) is 0 Å². The SMILES string of the molecule is FNc1ccc(-c2ccccc2)c(Cl)c1Cl. The molecule has 0 aliphatic heterocycles. The quantitative estimate of drug-likeness (QED) is 0.749. The van der Waals surface area contributed by atoms with Gasteiger partial charge >= 0.3 is 0 Å². The summed E-state index contributed by atoms with van der Waals surface area (Å²) < 4.78 is 12.3. The molecule has 1 N–H and O–H groups in total. The van der Waals surface area contributed by atoms with Crippen LogP contribution in [0.4, 0.5) is 10.2 Å². The van der Waals surface area contributed by atoms with Gasteiger partial charge in [-0.05, 0) is 11.6 Å². The third-order valence-corrected chi connectivity index (χ3v) is 3.15. The van der Waals surface area contributed by atoms with Crippen LogP contribution in [0.2, 0.25) is 10.0 Å². The minimum absolute atomic E-state index is 0.173. The van der Waals surface area contributed by atoms with Gasteiger partial charge in [-0.3, -0.25) is 0 Å². The fraction of sp³-hybridized carbons (Fsp3) is 0. The molecule has 0 bridgehead atoms. The van der Waals surface area contributed by atoms with Gasteiger partial charge in [0.15, 0.2) is 0 Å². The highest BCUT2D eigenvalue weighted by Gasteiger charge is 2.10. The summed E-state index contributed by atoms with van der Waals surface area (Å²) in [5.41, 5.74) is 3.40. The van der Waals surface area contributed by atoms with Crippen molar-refractivity contribution in [1.82, 2.24) is 0 Å². The van der Waals surface area contributed by atoms with E-state index in [9.17, 15) is 4.48 Å². The summed E-state index contributed by atoms with van der Waals surface area (Å²) in [5.74, 6) is 0. The van der Waals surface area contributed by atoms with E-state index in [4.69, 9.17) is 23.2 Å². The standard InChI is InChI=1S/C12H8Cl2FN/c13-11-9(8-4-2-1-3-5-8)6-7-10(16-15)12(11)14/h1-7,16H. The van der Waals surface area contributed by atoms with Gasteiger partial charge in [0.1, 0.15) is 0 Å². The van der Waals surface area contributed by atoms with Gasteiger partial charge in [0.25, 0.3) is 0 Å².